The van der Waals surface area contributed by atoms with Crippen molar-refractivity contribution < 1.29 is 4.74 Å². The third-order valence-electron chi connectivity index (χ3n) is 7.94. The number of likely N-dealkylation sites (N-methyl/N-ethyl adjacent to an activating group) is 1. The molecule has 1 aliphatic carbocycles. The van der Waals surface area contributed by atoms with E-state index in [1.54, 1.807) is 0 Å². The van der Waals surface area contributed by atoms with E-state index in [0.29, 0.717) is 0 Å². The summed E-state index contributed by atoms with van der Waals surface area (Å²) in [5.41, 5.74) is 4.52. The SMILES string of the molecule is CN1C(c2cccc(Oc3ccc4c5ccccc5n(-c5cc(C(C)(C)C)ccn5)c4c3)c2)=NC2C=CC=CC21. The van der Waals surface area contributed by atoms with E-state index in [2.05, 4.69) is 122 Å². The molecule has 0 saturated carbocycles. The Morgan fingerprint density at radius 1 is 0.775 bits per heavy atom. The number of amidine groups is 1. The molecule has 0 N–H and O–H groups in total. The number of aromatic nitrogens is 2. The van der Waals surface area contributed by atoms with E-state index in [0.717, 1.165) is 39.7 Å². The standard InChI is InChI=1S/C35H32N4O/c1-35(2,3)24-18-19-36-33(21-24)39-30-14-7-5-12-27(30)28-17-16-26(22-32(28)39)40-25-11-9-10-23(20-25)34-37-29-13-6-8-15-31(29)38(34)4/h5-22,29,31H,1-4H3. The van der Waals surface area contributed by atoms with E-state index in [1.165, 1.54) is 16.3 Å². The van der Waals surface area contributed by atoms with E-state index in [9.17, 15) is 0 Å². The molecular weight excluding hydrogens is 492 g/mol. The first kappa shape index (κ1) is 24.4. The topological polar surface area (TPSA) is 42.6 Å². The van der Waals surface area contributed by atoms with E-state index in [-0.39, 0.29) is 17.5 Å². The minimum Gasteiger partial charge on any atom is -0.457 e. The number of hydrogen-bond acceptors (Lipinski definition) is 4. The molecule has 1 aliphatic heterocycles. The summed E-state index contributed by atoms with van der Waals surface area (Å²) in [7, 11) is 2.11. The van der Waals surface area contributed by atoms with E-state index >= 15 is 0 Å². The number of ether oxygens (including phenoxy) is 1. The lowest BCUT2D eigenvalue weighted by atomic mass is 9.88. The van der Waals surface area contributed by atoms with Crippen molar-refractivity contribution in [2.45, 2.75) is 38.3 Å². The minimum atomic E-state index is 0.0256. The normalized spacial score (nSPS) is 18.4. The molecule has 0 saturated heterocycles. The van der Waals surface area contributed by atoms with Gasteiger partial charge < -0.3 is 9.64 Å². The van der Waals surface area contributed by atoms with Crippen LogP contribution in [0.2, 0.25) is 0 Å². The van der Waals surface area contributed by atoms with Crippen LogP contribution in [0.15, 0.2) is 114 Å². The fraction of sp³-hybridized carbons (Fsp3) is 0.200. The Balaban J connectivity index is 1.29. The lowest BCUT2D eigenvalue weighted by molar-refractivity contribution is 0.437. The first-order valence-corrected chi connectivity index (χ1v) is 13.8. The zero-order valence-electron chi connectivity index (χ0n) is 23.2. The summed E-state index contributed by atoms with van der Waals surface area (Å²) < 4.78 is 8.71. The highest BCUT2D eigenvalue weighted by Crippen LogP contribution is 2.36. The zero-order chi connectivity index (χ0) is 27.4. The maximum absolute atomic E-state index is 6.47. The maximum atomic E-state index is 6.47. The molecule has 3 heterocycles. The number of hydrogen-bond donors (Lipinski definition) is 0. The van der Waals surface area contributed by atoms with Crippen molar-refractivity contribution in [1.82, 2.24) is 14.5 Å². The quantitative estimate of drug-likeness (QED) is 0.241. The van der Waals surface area contributed by atoms with Gasteiger partial charge in [0.25, 0.3) is 0 Å². The van der Waals surface area contributed by atoms with Gasteiger partial charge in [0, 0.05) is 35.6 Å². The zero-order valence-corrected chi connectivity index (χ0v) is 23.2. The van der Waals surface area contributed by atoms with Crippen LogP contribution in [0, 0.1) is 0 Å². The molecule has 2 aliphatic rings. The van der Waals surface area contributed by atoms with Crippen LogP contribution in [0.3, 0.4) is 0 Å². The third kappa shape index (κ3) is 4.10. The average Bonchev–Trinajstić information content (AvgIpc) is 3.47. The van der Waals surface area contributed by atoms with Crippen LogP contribution in [0.5, 0.6) is 11.5 Å². The largest absolute Gasteiger partial charge is 0.457 e. The van der Waals surface area contributed by atoms with Crippen molar-refractivity contribution in [1.29, 1.82) is 0 Å². The Morgan fingerprint density at radius 3 is 2.42 bits per heavy atom. The van der Waals surface area contributed by atoms with E-state index in [1.807, 2.05) is 24.4 Å². The summed E-state index contributed by atoms with van der Waals surface area (Å²) in [6, 6.07) is 27.8. The molecule has 0 radical (unpaired) electrons. The molecule has 0 spiro atoms. The number of fused-ring (bicyclic) bond motifs is 4. The summed E-state index contributed by atoms with van der Waals surface area (Å²) in [5.74, 6) is 3.45. The number of pyridine rings is 1. The molecule has 5 nitrogen and oxygen atoms in total. The first-order valence-electron chi connectivity index (χ1n) is 13.8. The summed E-state index contributed by atoms with van der Waals surface area (Å²) in [5, 5.41) is 2.37. The molecule has 2 aromatic heterocycles. The van der Waals surface area contributed by atoms with Crippen LogP contribution < -0.4 is 4.74 Å². The van der Waals surface area contributed by atoms with Gasteiger partial charge in [-0.15, -0.1) is 0 Å². The molecule has 3 aromatic carbocycles. The van der Waals surface area contributed by atoms with Gasteiger partial charge >= 0.3 is 0 Å². The molecule has 0 fully saturated rings. The fourth-order valence-corrected chi connectivity index (χ4v) is 5.82. The van der Waals surface area contributed by atoms with Crippen LogP contribution in [0.4, 0.5) is 0 Å². The smallest absolute Gasteiger partial charge is 0.137 e. The van der Waals surface area contributed by atoms with Gasteiger partial charge in [0.05, 0.1) is 23.1 Å². The second-order valence-electron chi connectivity index (χ2n) is 11.6. The van der Waals surface area contributed by atoms with Gasteiger partial charge in [0.15, 0.2) is 0 Å². The van der Waals surface area contributed by atoms with Gasteiger partial charge in [0.1, 0.15) is 23.2 Å². The fourth-order valence-electron chi connectivity index (χ4n) is 5.82. The number of rotatable bonds is 4. The summed E-state index contributed by atoms with van der Waals surface area (Å²) >= 11 is 0. The van der Waals surface area contributed by atoms with Crippen LogP contribution in [-0.2, 0) is 5.41 Å². The molecule has 0 bridgehead atoms. The summed E-state index contributed by atoms with van der Waals surface area (Å²) in [4.78, 5) is 12.0. The second-order valence-corrected chi connectivity index (χ2v) is 11.6. The Hall–Kier alpha value is -4.64. The van der Waals surface area contributed by atoms with Crippen molar-refractivity contribution in [3.8, 4) is 17.3 Å². The number of nitrogens with zero attached hydrogens (tertiary/aromatic N) is 4. The minimum absolute atomic E-state index is 0.0256. The van der Waals surface area contributed by atoms with Crippen LogP contribution in [-0.4, -0.2) is 39.4 Å². The number of para-hydroxylation sites is 1. The van der Waals surface area contributed by atoms with Gasteiger partial charge in [0.2, 0.25) is 0 Å². The Kier molecular flexibility index (Phi) is 5.63. The Bertz CT molecular complexity index is 1850. The van der Waals surface area contributed by atoms with Crippen LogP contribution in [0.25, 0.3) is 27.6 Å². The molecule has 2 atom stereocenters. The Labute approximate surface area is 234 Å². The van der Waals surface area contributed by atoms with Crippen molar-refractivity contribution >= 4 is 27.6 Å². The van der Waals surface area contributed by atoms with Crippen molar-refractivity contribution in [3.63, 3.8) is 0 Å². The number of aliphatic imine (C=N–C) groups is 1. The number of benzene rings is 3. The second kappa shape index (κ2) is 9.23. The predicted molar refractivity (Wildman–Crippen MR) is 164 cm³/mol. The molecule has 198 valence electrons. The maximum Gasteiger partial charge on any atom is 0.137 e. The van der Waals surface area contributed by atoms with Crippen LogP contribution >= 0.6 is 0 Å². The van der Waals surface area contributed by atoms with E-state index in [4.69, 9.17) is 14.7 Å². The molecule has 2 unspecified atom stereocenters. The molecular formula is C35H32N4O. The highest BCUT2D eigenvalue weighted by Gasteiger charge is 2.32. The Morgan fingerprint density at radius 2 is 1.57 bits per heavy atom. The lowest BCUT2D eigenvalue weighted by Gasteiger charge is -2.24. The van der Waals surface area contributed by atoms with Gasteiger partial charge in [-0.3, -0.25) is 9.56 Å². The van der Waals surface area contributed by atoms with Gasteiger partial charge in [-0.05, 0) is 53.4 Å². The predicted octanol–water partition coefficient (Wildman–Crippen LogP) is 7.82. The summed E-state index contributed by atoms with van der Waals surface area (Å²) in [6.45, 7) is 6.69. The van der Waals surface area contributed by atoms with Gasteiger partial charge in [-0.1, -0.05) is 75.4 Å². The highest BCUT2D eigenvalue weighted by atomic mass is 16.5. The molecule has 0 amide bonds. The highest BCUT2D eigenvalue weighted by molar-refractivity contribution is 6.09. The van der Waals surface area contributed by atoms with Crippen LogP contribution in [0.1, 0.15) is 31.9 Å². The monoisotopic (exact) mass is 524 g/mol. The van der Waals surface area contributed by atoms with Gasteiger partial charge in [-0.2, -0.15) is 0 Å². The van der Waals surface area contributed by atoms with E-state index < -0.39 is 0 Å². The molecule has 7 rings (SSSR count). The van der Waals surface area contributed by atoms with Crippen molar-refractivity contribution in [2.75, 3.05) is 7.05 Å². The average molecular weight is 525 g/mol. The first-order chi connectivity index (χ1) is 19.4. The molecule has 5 heteroatoms. The van der Waals surface area contributed by atoms with Crippen molar-refractivity contribution in [3.05, 3.63) is 120 Å². The molecule has 40 heavy (non-hydrogen) atoms. The molecule has 5 aromatic rings. The summed E-state index contributed by atoms with van der Waals surface area (Å²) in [6.07, 6.45) is 10.5. The third-order valence-corrected chi connectivity index (χ3v) is 7.94. The van der Waals surface area contributed by atoms with Gasteiger partial charge in [-0.25, -0.2) is 4.98 Å². The van der Waals surface area contributed by atoms with Crippen molar-refractivity contribution in [2.24, 2.45) is 4.99 Å². The number of allylic oxidation sites excluding steroid dienone is 2. The lowest BCUT2D eigenvalue weighted by Crippen LogP contribution is -2.35.